The first kappa shape index (κ1) is 8.01. The highest BCUT2D eigenvalue weighted by Crippen LogP contribution is 2.14. The molecule has 60 valence electrons. The molecule has 0 bridgehead atoms. The Morgan fingerprint density at radius 2 is 2.27 bits per heavy atom. The van der Waals surface area contributed by atoms with Gasteiger partial charge in [-0.15, -0.1) is 0 Å². The molecule has 1 aromatic heterocycles. The summed E-state index contributed by atoms with van der Waals surface area (Å²) in [5.41, 5.74) is 7.20. The van der Waals surface area contributed by atoms with Crippen LogP contribution in [0.3, 0.4) is 0 Å². The quantitative estimate of drug-likeness (QED) is 0.631. The first-order valence-corrected chi connectivity index (χ1v) is 3.51. The standard InChI is InChI=1S/C8H12N2O/c1-5-3-7(6(2)11)4-10-8(5)9/h3-4,6,11H,1-2H3,(H2,9,10)/t6-/m1/s1. The van der Waals surface area contributed by atoms with Gasteiger partial charge in [0.15, 0.2) is 0 Å². The van der Waals surface area contributed by atoms with Gasteiger partial charge in [-0.25, -0.2) is 4.98 Å². The van der Waals surface area contributed by atoms with Crippen molar-refractivity contribution < 1.29 is 5.11 Å². The molecule has 0 aromatic carbocycles. The van der Waals surface area contributed by atoms with Crippen molar-refractivity contribution in [2.75, 3.05) is 5.73 Å². The molecule has 0 saturated heterocycles. The van der Waals surface area contributed by atoms with E-state index in [1.807, 2.05) is 13.0 Å². The molecule has 0 radical (unpaired) electrons. The Bertz CT molecular complexity index is 258. The molecule has 3 N–H and O–H groups in total. The lowest BCUT2D eigenvalue weighted by atomic mass is 10.1. The minimum absolute atomic E-state index is 0.471. The van der Waals surface area contributed by atoms with E-state index >= 15 is 0 Å². The normalized spacial score (nSPS) is 13.0. The number of rotatable bonds is 1. The monoisotopic (exact) mass is 152 g/mol. The second-order valence-electron chi connectivity index (χ2n) is 2.65. The fourth-order valence-corrected chi connectivity index (χ4v) is 0.836. The Labute approximate surface area is 65.9 Å². The summed E-state index contributed by atoms with van der Waals surface area (Å²) in [7, 11) is 0. The molecule has 1 heterocycles. The molecular weight excluding hydrogens is 140 g/mol. The van der Waals surface area contributed by atoms with E-state index in [2.05, 4.69) is 4.98 Å². The summed E-state index contributed by atoms with van der Waals surface area (Å²) in [4.78, 5) is 3.92. The maximum Gasteiger partial charge on any atom is 0.126 e. The van der Waals surface area contributed by atoms with Crippen molar-refractivity contribution in [1.29, 1.82) is 0 Å². The summed E-state index contributed by atoms with van der Waals surface area (Å²) in [5.74, 6) is 0.523. The molecule has 0 spiro atoms. The zero-order valence-electron chi connectivity index (χ0n) is 6.70. The van der Waals surface area contributed by atoms with Gasteiger partial charge in [-0.1, -0.05) is 0 Å². The molecule has 0 aliphatic rings. The third-order valence-corrected chi connectivity index (χ3v) is 1.62. The van der Waals surface area contributed by atoms with Crippen molar-refractivity contribution in [2.24, 2.45) is 0 Å². The van der Waals surface area contributed by atoms with Gasteiger partial charge in [0.05, 0.1) is 6.10 Å². The van der Waals surface area contributed by atoms with Crippen molar-refractivity contribution in [1.82, 2.24) is 4.98 Å². The van der Waals surface area contributed by atoms with Crippen LogP contribution in [0.2, 0.25) is 0 Å². The van der Waals surface area contributed by atoms with Gasteiger partial charge in [0.1, 0.15) is 5.82 Å². The Kier molecular flexibility index (Phi) is 2.10. The van der Waals surface area contributed by atoms with Crippen molar-refractivity contribution in [3.05, 3.63) is 23.4 Å². The molecule has 1 rings (SSSR count). The van der Waals surface area contributed by atoms with Crippen LogP contribution in [-0.2, 0) is 0 Å². The van der Waals surface area contributed by atoms with Gasteiger partial charge >= 0.3 is 0 Å². The lowest BCUT2D eigenvalue weighted by Crippen LogP contribution is -1.98. The summed E-state index contributed by atoms with van der Waals surface area (Å²) in [6.45, 7) is 3.57. The first-order valence-electron chi connectivity index (χ1n) is 3.51. The van der Waals surface area contributed by atoms with Gasteiger partial charge < -0.3 is 10.8 Å². The average Bonchev–Trinajstić information content (AvgIpc) is 1.94. The third-order valence-electron chi connectivity index (χ3n) is 1.62. The highest BCUT2D eigenvalue weighted by molar-refractivity contribution is 5.39. The van der Waals surface area contributed by atoms with Crippen LogP contribution < -0.4 is 5.73 Å². The third kappa shape index (κ3) is 1.68. The molecule has 0 fully saturated rings. The van der Waals surface area contributed by atoms with Crippen molar-refractivity contribution in [2.45, 2.75) is 20.0 Å². The molecule has 0 aliphatic carbocycles. The second-order valence-corrected chi connectivity index (χ2v) is 2.65. The lowest BCUT2D eigenvalue weighted by Gasteiger charge is -2.05. The minimum atomic E-state index is -0.471. The predicted molar refractivity (Wildman–Crippen MR) is 44.0 cm³/mol. The van der Waals surface area contributed by atoms with Gasteiger partial charge in [-0.05, 0) is 31.0 Å². The van der Waals surface area contributed by atoms with E-state index in [-0.39, 0.29) is 0 Å². The molecule has 3 nitrogen and oxygen atoms in total. The summed E-state index contributed by atoms with van der Waals surface area (Å²) < 4.78 is 0. The number of anilines is 1. The van der Waals surface area contributed by atoms with E-state index in [9.17, 15) is 0 Å². The average molecular weight is 152 g/mol. The summed E-state index contributed by atoms with van der Waals surface area (Å²) >= 11 is 0. The predicted octanol–water partition coefficient (Wildman–Crippen LogP) is 1.03. The maximum absolute atomic E-state index is 9.16. The number of nitrogen functional groups attached to an aromatic ring is 1. The number of nitrogens with two attached hydrogens (primary N) is 1. The summed E-state index contributed by atoms with van der Waals surface area (Å²) in [5, 5.41) is 9.16. The molecular formula is C8H12N2O. The Morgan fingerprint density at radius 3 is 2.73 bits per heavy atom. The van der Waals surface area contributed by atoms with E-state index in [1.54, 1.807) is 13.1 Å². The van der Waals surface area contributed by atoms with Crippen LogP contribution in [0.1, 0.15) is 24.2 Å². The number of aliphatic hydroxyl groups excluding tert-OH is 1. The van der Waals surface area contributed by atoms with Crippen LogP contribution in [0.5, 0.6) is 0 Å². The molecule has 11 heavy (non-hydrogen) atoms. The van der Waals surface area contributed by atoms with Crippen molar-refractivity contribution in [3.8, 4) is 0 Å². The molecule has 0 amide bonds. The van der Waals surface area contributed by atoms with Gasteiger partial charge in [-0.3, -0.25) is 0 Å². The smallest absolute Gasteiger partial charge is 0.126 e. The number of aliphatic hydroxyl groups is 1. The van der Waals surface area contributed by atoms with Gasteiger partial charge in [0.2, 0.25) is 0 Å². The van der Waals surface area contributed by atoms with E-state index in [0.29, 0.717) is 5.82 Å². The number of hydrogen-bond acceptors (Lipinski definition) is 3. The molecule has 0 saturated carbocycles. The Morgan fingerprint density at radius 1 is 1.64 bits per heavy atom. The van der Waals surface area contributed by atoms with Crippen LogP contribution in [0, 0.1) is 6.92 Å². The first-order chi connectivity index (χ1) is 5.11. The van der Waals surface area contributed by atoms with Gasteiger partial charge in [0.25, 0.3) is 0 Å². The largest absolute Gasteiger partial charge is 0.389 e. The fourth-order valence-electron chi connectivity index (χ4n) is 0.836. The Balaban J connectivity index is 3.05. The summed E-state index contributed by atoms with van der Waals surface area (Å²) in [6, 6.07) is 1.84. The zero-order chi connectivity index (χ0) is 8.43. The van der Waals surface area contributed by atoms with Crippen LogP contribution in [0.15, 0.2) is 12.3 Å². The molecule has 3 heteroatoms. The van der Waals surface area contributed by atoms with E-state index in [4.69, 9.17) is 10.8 Å². The Hall–Kier alpha value is -1.09. The summed E-state index contributed by atoms with van der Waals surface area (Å²) in [6.07, 6.45) is 1.12. The topological polar surface area (TPSA) is 59.1 Å². The van der Waals surface area contributed by atoms with E-state index in [0.717, 1.165) is 11.1 Å². The van der Waals surface area contributed by atoms with Crippen LogP contribution in [0.4, 0.5) is 5.82 Å². The molecule has 1 aromatic rings. The number of nitrogens with zero attached hydrogens (tertiary/aromatic N) is 1. The van der Waals surface area contributed by atoms with Gasteiger partial charge in [0, 0.05) is 6.20 Å². The van der Waals surface area contributed by atoms with Crippen molar-refractivity contribution in [3.63, 3.8) is 0 Å². The molecule has 1 atom stereocenters. The SMILES string of the molecule is Cc1cc([C@@H](C)O)cnc1N. The fraction of sp³-hybridized carbons (Fsp3) is 0.375. The lowest BCUT2D eigenvalue weighted by molar-refractivity contribution is 0.199. The van der Waals surface area contributed by atoms with E-state index in [1.165, 1.54) is 0 Å². The second kappa shape index (κ2) is 2.88. The number of pyridine rings is 1. The number of hydrogen-bond donors (Lipinski definition) is 2. The maximum atomic E-state index is 9.16. The molecule has 0 unspecified atom stereocenters. The zero-order valence-corrected chi connectivity index (χ0v) is 6.70. The highest BCUT2D eigenvalue weighted by Gasteiger charge is 2.02. The number of aromatic nitrogens is 1. The van der Waals surface area contributed by atoms with E-state index < -0.39 is 6.10 Å². The van der Waals surface area contributed by atoms with Gasteiger partial charge in [-0.2, -0.15) is 0 Å². The van der Waals surface area contributed by atoms with Crippen LogP contribution >= 0.6 is 0 Å². The van der Waals surface area contributed by atoms with Crippen molar-refractivity contribution >= 4 is 5.82 Å². The van der Waals surface area contributed by atoms with Crippen LogP contribution in [-0.4, -0.2) is 10.1 Å². The molecule has 0 aliphatic heterocycles. The highest BCUT2D eigenvalue weighted by atomic mass is 16.3. The minimum Gasteiger partial charge on any atom is -0.389 e. The van der Waals surface area contributed by atoms with Crippen LogP contribution in [0.25, 0.3) is 0 Å². The number of aryl methyl sites for hydroxylation is 1.